The van der Waals surface area contributed by atoms with Gasteiger partial charge in [-0.3, -0.25) is 9.69 Å². The second-order valence-electron chi connectivity index (χ2n) is 5.58. The van der Waals surface area contributed by atoms with Crippen molar-refractivity contribution in [2.75, 3.05) is 26.2 Å². The van der Waals surface area contributed by atoms with Crippen LogP contribution in [0, 0.1) is 0 Å². The number of aliphatic hydroxyl groups excluding tert-OH is 1. The summed E-state index contributed by atoms with van der Waals surface area (Å²) >= 11 is 0. The van der Waals surface area contributed by atoms with Gasteiger partial charge in [-0.1, -0.05) is 6.92 Å². The zero-order valence-electron chi connectivity index (χ0n) is 11.9. The van der Waals surface area contributed by atoms with E-state index in [2.05, 4.69) is 10.2 Å². The molecule has 2 atom stereocenters. The van der Waals surface area contributed by atoms with Crippen LogP contribution in [0.25, 0.3) is 0 Å². The van der Waals surface area contributed by atoms with Crippen molar-refractivity contribution in [3.05, 3.63) is 0 Å². The summed E-state index contributed by atoms with van der Waals surface area (Å²) in [7, 11) is 0. The number of aliphatic hydroxyl groups is 1. The molecule has 1 rings (SSSR count). The zero-order valence-corrected chi connectivity index (χ0v) is 11.9. The van der Waals surface area contributed by atoms with Gasteiger partial charge in [0.1, 0.15) is 0 Å². The molecule has 1 heterocycles. The van der Waals surface area contributed by atoms with Crippen LogP contribution < -0.4 is 5.32 Å². The Morgan fingerprint density at radius 3 is 2.83 bits per heavy atom. The van der Waals surface area contributed by atoms with E-state index in [1.54, 1.807) is 0 Å². The maximum Gasteiger partial charge on any atom is 0.237 e. The topological polar surface area (TPSA) is 61.8 Å². The van der Waals surface area contributed by atoms with Crippen molar-refractivity contribution >= 4 is 5.91 Å². The summed E-state index contributed by atoms with van der Waals surface area (Å²) in [5.41, 5.74) is -0.328. The highest BCUT2D eigenvalue weighted by Gasteiger charge is 2.36. The van der Waals surface area contributed by atoms with Gasteiger partial charge in [-0.2, -0.15) is 0 Å². The minimum Gasteiger partial charge on any atom is -0.394 e. The Labute approximate surface area is 109 Å². The van der Waals surface area contributed by atoms with Gasteiger partial charge in [0.2, 0.25) is 5.91 Å². The van der Waals surface area contributed by atoms with Crippen molar-refractivity contribution in [2.24, 2.45) is 0 Å². The summed E-state index contributed by atoms with van der Waals surface area (Å²) in [6, 6.07) is -0.186. The molecule has 0 aromatic carbocycles. The molecule has 0 spiro atoms. The van der Waals surface area contributed by atoms with E-state index in [-0.39, 0.29) is 30.3 Å². The lowest BCUT2D eigenvalue weighted by molar-refractivity contribution is -0.161. The van der Waals surface area contributed by atoms with E-state index in [4.69, 9.17) is 4.74 Å². The first-order valence-corrected chi connectivity index (χ1v) is 6.70. The van der Waals surface area contributed by atoms with Crippen LogP contribution in [0.15, 0.2) is 0 Å². The molecular weight excluding hydrogens is 232 g/mol. The number of rotatable bonds is 5. The number of nitrogens with zero attached hydrogens (tertiary/aromatic N) is 1. The molecule has 1 aliphatic rings. The molecule has 5 nitrogen and oxygen atoms in total. The maximum absolute atomic E-state index is 12.0. The van der Waals surface area contributed by atoms with Gasteiger partial charge in [0.15, 0.2) is 0 Å². The third-order valence-corrected chi connectivity index (χ3v) is 3.19. The number of amides is 1. The van der Waals surface area contributed by atoms with Crippen LogP contribution in [0.1, 0.15) is 34.1 Å². The van der Waals surface area contributed by atoms with E-state index in [0.29, 0.717) is 19.6 Å². The molecule has 1 fully saturated rings. The largest absolute Gasteiger partial charge is 0.394 e. The molecule has 2 N–H and O–H groups in total. The Kier molecular flexibility index (Phi) is 5.56. The minimum atomic E-state index is -0.328. The lowest BCUT2D eigenvalue weighted by atomic mass is 10.0. The number of carbonyl (C=O) groups is 1. The van der Waals surface area contributed by atoms with Crippen LogP contribution in [0.5, 0.6) is 0 Å². The first kappa shape index (κ1) is 15.4. The van der Waals surface area contributed by atoms with Crippen LogP contribution >= 0.6 is 0 Å². The molecule has 0 aromatic heterocycles. The molecule has 2 unspecified atom stereocenters. The van der Waals surface area contributed by atoms with E-state index in [0.717, 1.165) is 6.42 Å². The van der Waals surface area contributed by atoms with Gasteiger partial charge in [-0.25, -0.2) is 0 Å². The molecule has 0 aromatic rings. The normalized spacial score (nSPS) is 25.7. The number of hydrogen-bond donors (Lipinski definition) is 2. The van der Waals surface area contributed by atoms with Gasteiger partial charge < -0.3 is 15.2 Å². The van der Waals surface area contributed by atoms with E-state index in [1.165, 1.54) is 0 Å². The third kappa shape index (κ3) is 4.23. The molecule has 1 amide bonds. The number of ether oxygens (including phenoxy) is 1. The van der Waals surface area contributed by atoms with Crippen LogP contribution in [-0.2, 0) is 9.53 Å². The average molecular weight is 258 g/mol. The van der Waals surface area contributed by atoms with Crippen LogP contribution in [0.3, 0.4) is 0 Å². The summed E-state index contributed by atoms with van der Waals surface area (Å²) in [6.07, 6.45) is 0.724. The number of hydrogen-bond acceptors (Lipinski definition) is 4. The number of carbonyl (C=O) groups excluding carboxylic acids is 1. The summed E-state index contributed by atoms with van der Waals surface area (Å²) in [6.45, 7) is 9.90. The first-order chi connectivity index (χ1) is 8.39. The zero-order chi connectivity index (χ0) is 13.8. The summed E-state index contributed by atoms with van der Waals surface area (Å²) in [5, 5.41) is 12.2. The molecule has 5 heteroatoms. The second-order valence-corrected chi connectivity index (χ2v) is 5.58. The van der Waals surface area contributed by atoms with Gasteiger partial charge in [-0.05, 0) is 27.2 Å². The van der Waals surface area contributed by atoms with Gasteiger partial charge in [0.25, 0.3) is 0 Å². The van der Waals surface area contributed by atoms with Gasteiger partial charge in [0, 0.05) is 19.6 Å². The van der Waals surface area contributed by atoms with Crippen LogP contribution in [0.4, 0.5) is 0 Å². The second kappa shape index (κ2) is 6.50. The highest BCUT2D eigenvalue weighted by molar-refractivity contribution is 5.81. The Hall–Kier alpha value is -0.650. The fourth-order valence-corrected chi connectivity index (χ4v) is 2.29. The smallest absolute Gasteiger partial charge is 0.237 e. The van der Waals surface area contributed by atoms with Crippen molar-refractivity contribution in [3.8, 4) is 0 Å². The predicted molar refractivity (Wildman–Crippen MR) is 70.4 cm³/mol. The monoisotopic (exact) mass is 258 g/mol. The Bertz CT molecular complexity index is 281. The van der Waals surface area contributed by atoms with Crippen molar-refractivity contribution < 1.29 is 14.6 Å². The molecule has 0 aliphatic carbocycles. The molecular formula is C13H26N2O3. The summed E-state index contributed by atoms with van der Waals surface area (Å²) < 4.78 is 5.74. The van der Waals surface area contributed by atoms with E-state index in [1.807, 2.05) is 27.7 Å². The van der Waals surface area contributed by atoms with Gasteiger partial charge in [-0.15, -0.1) is 0 Å². The first-order valence-electron chi connectivity index (χ1n) is 6.70. The maximum atomic E-state index is 12.0. The SMILES string of the molecule is CCCNC(=O)C(C)N1CC(CO)OC(C)(C)C1. The van der Waals surface area contributed by atoms with Gasteiger partial charge >= 0.3 is 0 Å². The summed E-state index contributed by atoms with van der Waals surface area (Å²) in [5.74, 6) is 0.0474. The molecule has 0 radical (unpaired) electrons. The van der Waals surface area contributed by atoms with E-state index in [9.17, 15) is 9.90 Å². The Balaban J connectivity index is 2.60. The standard InChI is InChI=1S/C13H26N2O3/c1-5-6-14-12(17)10(2)15-7-11(8-16)18-13(3,4)9-15/h10-11,16H,5-9H2,1-4H3,(H,14,17). The van der Waals surface area contributed by atoms with Crippen LogP contribution in [0.2, 0.25) is 0 Å². The van der Waals surface area contributed by atoms with E-state index < -0.39 is 0 Å². The quantitative estimate of drug-likeness (QED) is 0.748. The number of nitrogens with one attached hydrogen (secondary N) is 1. The average Bonchev–Trinajstić information content (AvgIpc) is 2.32. The molecule has 0 bridgehead atoms. The molecule has 1 aliphatic heterocycles. The fourth-order valence-electron chi connectivity index (χ4n) is 2.29. The van der Waals surface area contributed by atoms with Crippen molar-refractivity contribution in [1.29, 1.82) is 0 Å². The van der Waals surface area contributed by atoms with Crippen molar-refractivity contribution in [1.82, 2.24) is 10.2 Å². The van der Waals surface area contributed by atoms with Gasteiger partial charge in [0.05, 0.1) is 24.4 Å². The van der Waals surface area contributed by atoms with Crippen molar-refractivity contribution in [2.45, 2.75) is 51.9 Å². The third-order valence-electron chi connectivity index (χ3n) is 3.19. The lowest BCUT2D eigenvalue weighted by Gasteiger charge is -2.44. The number of morpholine rings is 1. The van der Waals surface area contributed by atoms with Crippen LogP contribution in [-0.4, -0.2) is 59.9 Å². The lowest BCUT2D eigenvalue weighted by Crippen LogP contribution is -2.59. The predicted octanol–water partition coefficient (Wildman–Crippen LogP) is 0.373. The Morgan fingerprint density at radius 2 is 2.28 bits per heavy atom. The summed E-state index contributed by atoms with van der Waals surface area (Å²) in [4.78, 5) is 14.0. The molecule has 18 heavy (non-hydrogen) atoms. The molecule has 106 valence electrons. The van der Waals surface area contributed by atoms with E-state index >= 15 is 0 Å². The molecule has 0 saturated carbocycles. The highest BCUT2D eigenvalue weighted by atomic mass is 16.5. The molecule has 1 saturated heterocycles. The highest BCUT2D eigenvalue weighted by Crippen LogP contribution is 2.22. The minimum absolute atomic E-state index is 0.0107. The Morgan fingerprint density at radius 1 is 1.61 bits per heavy atom. The fraction of sp³-hybridized carbons (Fsp3) is 0.923. The van der Waals surface area contributed by atoms with Crippen molar-refractivity contribution in [3.63, 3.8) is 0 Å².